The standard InChI is InChI=1S/C11H13BrN2O4/c1-11(2,3)9(15)6-13-4-7(12)10(16)8(5-13)14(17)18/h4-5H,6H2,1-3H3. The molecule has 0 saturated carbocycles. The normalized spacial score (nSPS) is 11.3. The average Bonchev–Trinajstić information content (AvgIpc) is 2.21. The Bertz CT molecular complexity index is 557. The van der Waals surface area contributed by atoms with Crippen molar-refractivity contribution in [2.45, 2.75) is 27.3 Å². The molecule has 18 heavy (non-hydrogen) atoms. The Hall–Kier alpha value is -1.50. The molecule has 1 aromatic heterocycles. The molecule has 0 N–H and O–H groups in total. The minimum absolute atomic E-state index is 0.0107. The summed E-state index contributed by atoms with van der Waals surface area (Å²) in [6.45, 7) is 5.28. The molecule has 0 aliphatic carbocycles. The van der Waals surface area contributed by atoms with Crippen LogP contribution in [0, 0.1) is 15.5 Å². The molecule has 6 nitrogen and oxygen atoms in total. The van der Waals surface area contributed by atoms with Crippen LogP contribution in [0.4, 0.5) is 5.69 Å². The molecule has 0 bridgehead atoms. The summed E-state index contributed by atoms with van der Waals surface area (Å²) in [5.41, 5.74) is -1.78. The van der Waals surface area contributed by atoms with Crippen LogP contribution in [-0.4, -0.2) is 15.3 Å². The van der Waals surface area contributed by atoms with Crippen molar-refractivity contribution in [3.8, 4) is 0 Å². The van der Waals surface area contributed by atoms with Gasteiger partial charge < -0.3 is 4.57 Å². The van der Waals surface area contributed by atoms with Crippen molar-refractivity contribution in [2.24, 2.45) is 5.41 Å². The van der Waals surface area contributed by atoms with Gasteiger partial charge in [-0.05, 0) is 15.9 Å². The lowest BCUT2D eigenvalue weighted by Gasteiger charge is -2.17. The Morgan fingerprint density at radius 2 is 2.00 bits per heavy atom. The van der Waals surface area contributed by atoms with Crippen LogP contribution in [0.25, 0.3) is 0 Å². The highest BCUT2D eigenvalue weighted by Crippen LogP contribution is 2.17. The average molecular weight is 317 g/mol. The summed E-state index contributed by atoms with van der Waals surface area (Å²) in [7, 11) is 0. The molecule has 7 heteroatoms. The molecular formula is C11H13BrN2O4. The number of Topliss-reactive ketones (excluding diaryl/α,β-unsaturated/α-hetero) is 1. The summed E-state index contributed by atoms with van der Waals surface area (Å²) in [5.74, 6) is -0.0765. The molecule has 1 heterocycles. The molecule has 0 radical (unpaired) electrons. The summed E-state index contributed by atoms with van der Waals surface area (Å²) in [5, 5.41) is 10.7. The number of hydrogen-bond donors (Lipinski definition) is 0. The van der Waals surface area contributed by atoms with Crippen LogP contribution in [0.15, 0.2) is 21.7 Å². The van der Waals surface area contributed by atoms with Crippen molar-refractivity contribution < 1.29 is 9.72 Å². The number of pyridine rings is 1. The fraction of sp³-hybridized carbons (Fsp3) is 0.455. The summed E-state index contributed by atoms with van der Waals surface area (Å²) in [4.78, 5) is 33.2. The van der Waals surface area contributed by atoms with Gasteiger partial charge in [0, 0.05) is 11.6 Å². The zero-order valence-electron chi connectivity index (χ0n) is 10.3. The van der Waals surface area contributed by atoms with Crippen molar-refractivity contribution in [3.63, 3.8) is 0 Å². The van der Waals surface area contributed by atoms with E-state index >= 15 is 0 Å². The third kappa shape index (κ3) is 3.25. The summed E-state index contributed by atoms with van der Waals surface area (Å²) in [6, 6.07) is 0. The number of ketones is 1. The van der Waals surface area contributed by atoms with Gasteiger partial charge in [0.15, 0.2) is 5.78 Å². The van der Waals surface area contributed by atoms with Crippen LogP contribution in [-0.2, 0) is 11.3 Å². The molecule has 1 aromatic rings. The van der Waals surface area contributed by atoms with Crippen molar-refractivity contribution in [2.75, 3.05) is 0 Å². The topological polar surface area (TPSA) is 82.2 Å². The first-order chi connectivity index (χ1) is 8.12. The highest BCUT2D eigenvalue weighted by Gasteiger charge is 2.23. The van der Waals surface area contributed by atoms with E-state index in [4.69, 9.17) is 0 Å². The molecule has 0 saturated heterocycles. The van der Waals surface area contributed by atoms with Gasteiger partial charge >= 0.3 is 5.69 Å². The second-order valence-corrected chi connectivity index (χ2v) is 5.78. The summed E-state index contributed by atoms with van der Waals surface area (Å²) in [6.07, 6.45) is 2.45. The Kier molecular flexibility index (Phi) is 4.05. The van der Waals surface area contributed by atoms with E-state index < -0.39 is 21.5 Å². The third-order valence-corrected chi connectivity index (χ3v) is 2.94. The molecule has 0 aromatic carbocycles. The number of halogens is 1. The Morgan fingerprint density at radius 1 is 1.44 bits per heavy atom. The zero-order chi connectivity index (χ0) is 14.1. The fourth-order valence-corrected chi connectivity index (χ4v) is 1.67. The van der Waals surface area contributed by atoms with Crippen LogP contribution < -0.4 is 5.43 Å². The van der Waals surface area contributed by atoms with Crippen molar-refractivity contribution in [1.82, 2.24) is 4.57 Å². The highest BCUT2D eigenvalue weighted by molar-refractivity contribution is 9.10. The number of aromatic nitrogens is 1. The minimum Gasteiger partial charge on any atom is -0.339 e. The van der Waals surface area contributed by atoms with Gasteiger partial charge in [0.25, 0.3) is 5.43 Å². The van der Waals surface area contributed by atoms with E-state index in [1.165, 1.54) is 10.8 Å². The maximum absolute atomic E-state index is 11.8. The van der Waals surface area contributed by atoms with Gasteiger partial charge in [-0.2, -0.15) is 0 Å². The number of carbonyl (C=O) groups excluding carboxylic acids is 1. The number of carbonyl (C=O) groups is 1. The van der Waals surface area contributed by atoms with E-state index in [1.807, 2.05) is 0 Å². The molecule has 0 aliphatic heterocycles. The quantitative estimate of drug-likeness (QED) is 0.631. The maximum atomic E-state index is 11.8. The van der Waals surface area contributed by atoms with E-state index in [9.17, 15) is 19.7 Å². The van der Waals surface area contributed by atoms with Gasteiger partial charge in [-0.15, -0.1) is 0 Å². The lowest BCUT2D eigenvalue weighted by molar-refractivity contribution is -0.386. The van der Waals surface area contributed by atoms with Crippen molar-refractivity contribution in [3.05, 3.63) is 37.2 Å². The number of rotatable bonds is 3. The number of nitrogens with zero attached hydrogens (tertiary/aromatic N) is 2. The van der Waals surface area contributed by atoms with E-state index in [-0.39, 0.29) is 16.8 Å². The molecule has 0 atom stereocenters. The first-order valence-electron chi connectivity index (χ1n) is 5.20. The molecule has 98 valence electrons. The Balaban J connectivity index is 3.17. The van der Waals surface area contributed by atoms with Gasteiger partial charge in [0.05, 0.1) is 22.1 Å². The van der Waals surface area contributed by atoms with Crippen LogP contribution in [0.5, 0.6) is 0 Å². The van der Waals surface area contributed by atoms with Gasteiger partial charge in [-0.1, -0.05) is 20.8 Å². The lowest BCUT2D eigenvalue weighted by Crippen LogP contribution is -2.26. The van der Waals surface area contributed by atoms with E-state index in [0.717, 1.165) is 6.20 Å². The zero-order valence-corrected chi connectivity index (χ0v) is 11.9. The second-order valence-electron chi connectivity index (χ2n) is 4.92. The third-order valence-electron chi connectivity index (χ3n) is 2.38. The summed E-state index contributed by atoms with van der Waals surface area (Å²) >= 11 is 2.96. The predicted molar refractivity (Wildman–Crippen MR) is 69.5 cm³/mol. The SMILES string of the molecule is CC(C)(C)C(=O)Cn1cc(Br)c(=O)c([N+](=O)[O-])c1. The molecule has 0 unspecified atom stereocenters. The van der Waals surface area contributed by atoms with Crippen molar-refractivity contribution >= 4 is 27.4 Å². The lowest BCUT2D eigenvalue weighted by atomic mass is 9.91. The predicted octanol–water partition coefficient (Wildman–Crippen LogP) is 2.13. The molecular weight excluding hydrogens is 304 g/mol. The molecule has 0 spiro atoms. The van der Waals surface area contributed by atoms with Crippen molar-refractivity contribution in [1.29, 1.82) is 0 Å². The van der Waals surface area contributed by atoms with Crippen LogP contribution >= 0.6 is 15.9 Å². The largest absolute Gasteiger partial charge is 0.339 e. The van der Waals surface area contributed by atoms with E-state index in [1.54, 1.807) is 20.8 Å². The first kappa shape index (κ1) is 14.6. The Labute approximate surface area is 112 Å². The van der Waals surface area contributed by atoms with Gasteiger partial charge in [-0.3, -0.25) is 19.7 Å². The van der Waals surface area contributed by atoms with Gasteiger partial charge in [-0.25, -0.2) is 0 Å². The van der Waals surface area contributed by atoms with Crippen LogP contribution in [0.1, 0.15) is 20.8 Å². The monoisotopic (exact) mass is 316 g/mol. The van der Waals surface area contributed by atoms with E-state index in [0.29, 0.717) is 0 Å². The van der Waals surface area contributed by atoms with Gasteiger partial charge in [0.1, 0.15) is 0 Å². The second kappa shape index (κ2) is 5.01. The smallest absolute Gasteiger partial charge is 0.333 e. The molecule has 1 rings (SSSR count). The highest BCUT2D eigenvalue weighted by atomic mass is 79.9. The number of hydrogen-bond acceptors (Lipinski definition) is 4. The van der Waals surface area contributed by atoms with Crippen LogP contribution in [0.2, 0.25) is 0 Å². The maximum Gasteiger partial charge on any atom is 0.333 e. The molecule has 0 amide bonds. The Morgan fingerprint density at radius 3 is 2.44 bits per heavy atom. The first-order valence-corrected chi connectivity index (χ1v) is 5.99. The van der Waals surface area contributed by atoms with E-state index in [2.05, 4.69) is 15.9 Å². The number of nitro groups is 1. The van der Waals surface area contributed by atoms with Crippen LogP contribution in [0.3, 0.4) is 0 Å². The minimum atomic E-state index is -0.759. The van der Waals surface area contributed by atoms with Gasteiger partial charge in [0.2, 0.25) is 0 Å². The molecule has 0 aliphatic rings. The fourth-order valence-electron chi connectivity index (χ4n) is 1.20. The molecule has 0 fully saturated rings. The summed E-state index contributed by atoms with van der Waals surface area (Å²) < 4.78 is 1.41.